The van der Waals surface area contributed by atoms with Gasteiger partial charge in [-0.05, 0) is 48.2 Å². The van der Waals surface area contributed by atoms with Gasteiger partial charge in [-0.25, -0.2) is 4.79 Å². The van der Waals surface area contributed by atoms with Gasteiger partial charge in [0.2, 0.25) is 0 Å². The molecule has 0 aliphatic heterocycles. The average Bonchev–Trinajstić information content (AvgIpc) is 2.50. The molecule has 0 spiro atoms. The lowest BCUT2D eigenvalue weighted by atomic mass is 10.0. The number of fused-ring (bicyclic) bond motifs is 2. The van der Waals surface area contributed by atoms with E-state index in [1.807, 2.05) is 44.2 Å². The number of carbonyl (C=O) groups is 1. The molecule has 0 aromatic heterocycles. The molecule has 0 unspecified atom stereocenters. The van der Waals surface area contributed by atoms with Crippen LogP contribution in [0.1, 0.15) is 13.8 Å². The maximum Gasteiger partial charge on any atom is 0.344 e. The lowest BCUT2D eigenvalue weighted by Gasteiger charge is -2.11. The normalized spacial score (nSPS) is 11.0. The van der Waals surface area contributed by atoms with E-state index in [1.165, 1.54) is 5.39 Å². The molecular formula is C19H18O3. The number of ether oxygens (including phenoxy) is 2. The van der Waals surface area contributed by atoms with E-state index in [0.717, 1.165) is 16.2 Å². The van der Waals surface area contributed by atoms with E-state index in [4.69, 9.17) is 9.47 Å². The third-order valence-electron chi connectivity index (χ3n) is 3.42. The van der Waals surface area contributed by atoms with Gasteiger partial charge in [-0.3, -0.25) is 0 Å². The minimum absolute atomic E-state index is 0.0792. The molecule has 22 heavy (non-hydrogen) atoms. The Morgan fingerprint density at radius 3 is 2.36 bits per heavy atom. The molecule has 3 aromatic rings. The minimum atomic E-state index is -0.354. The Bertz CT molecular complexity index is 821. The van der Waals surface area contributed by atoms with E-state index < -0.39 is 0 Å². The Hall–Kier alpha value is -2.55. The molecule has 0 saturated heterocycles. The number of rotatable bonds is 4. The van der Waals surface area contributed by atoms with Crippen molar-refractivity contribution in [3.63, 3.8) is 0 Å². The van der Waals surface area contributed by atoms with Gasteiger partial charge in [0, 0.05) is 5.39 Å². The van der Waals surface area contributed by atoms with Crippen LogP contribution in [0, 0.1) is 0 Å². The quantitative estimate of drug-likeness (QED) is 0.531. The zero-order valence-electron chi connectivity index (χ0n) is 12.7. The molecule has 0 saturated carbocycles. The van der Waals surface area contributed by atoms with Crippen LogP contribution < -0.4 is 4.74 Å². The van der Waals surface area contributed by atoms with Crippen molar-refractivity contribution >= 4 is 27.5 Å². The van der Waals surface area contributed by atoms with Gasteiger partial charge < -0.3 is 9.47 Å². The SMILES string of the molecule is CC(C)OC(=O)COc1cccc2cc3ccccc3cc12. The predicted molar refractivity (Wildman–Crippen MR) is 88.2 cm³/mol. The molecule has 3 heteroatoms. The smallest absolute Gasteiger partial charge is 0.344 e. The largest absolute Gasteiger partial charge is 0.481 e. The Balaban J connectivity index is 1.92. The molecule has 3 rings (SSSR count). The van der Waals surface area contributed by atoms with Crippen molar-refractivity contribution in [1.29, 1.82) is 0 Å². The Labute approximate surface area is 129 Å². The van der Waals surface area contributed by atoms with Crippen LogP contribution >= 0.6 is 0 Å². The fourth-order valence-corrected chi connectivity index (χ4v) is 2.50. The summed E-state index contributed by atoms with van der Waals surface area (Å²) < 4.78 is 10.7. The number of hydrogen-bond donors (Lipinski definition) is 0. The topological polar surface area (TPSA) is 35.5 Å². The van der Waals surface area contributed by atoms with E-state index in [0.29, 0.717) is 5.75 Å². The number of benzene rings is 3. The van der Waals surface area contributed by atoms with Crippen molar-refractivity contribution in [2.24, 2.45) is 0 Å². The highest BCUT2D eigenvalue weighted by atomic mass is 16.6. The molecule has 0 bridgehead atoms. The Morgan fingerprint density at radius 2 is 1.64 bits per heavy atom. The zero-order valence-corrected chi connectivity index (χ0v) is 12.7. The second-order valence-corrected chi connectivity index (χ2v) is 5.50. The first kappa shape index (κ1) is 14.4. The number of carbonyl (C=O) groups excluding carboxylic acids is 1. The molecule has 3 nitrogen and oxygen atoms in total. The maximum absolute atomic E-state index is 11.6. The van der Waals surface area contributed by atoms with E-state index in [1.54, 1.807) is 0 Å². The van der Waals surface area contributed by atoms with Crippen LogP contribution in [0.4, 0.5) is 0 Å². The molecule has 0 radical (unpaired) electrons. The van der Waals surface area contributed by atoms with Crippen LogP contribution in [-0.2, 0) is 9.53 Å². The summed E-state index contributed by atoms with van der Waals surface area (Å²) in [6.45, 7) is 3.56. The monoisotopic (exact) mass is 294 g/mol. The Morgan fingerprint density at radius 1 is 0.955 bits per heavy atom. The van der Waals surface area contributed by atoms with Crippen molar-refractivity contribution < 1.29 is 14.3 Å². The van der Waals surface area contributed by atoms with Gasteiger partial charge in [-0.2, -0.15) is 0 Å². The van der Waals surface area contributed by atoms with E-state index in [2.05, 4.69) is 24.3 Å². The first-order valence-corrected chi connectivity index (χ1v) is 7.37. The lowest BCUT2D eigenvalue weighted by molar-refractivity contribution is -0.149. The predicted octanol–water partition coefficient (Wildman–Crippen LogP) is 4.32. The first-order valence-electron chi connectivity index (χ1n) is 7.37. The van der Waals surface area contributed by atoms with E-state index in [-0.39, 0.29) is 18.7 Å². The summed E-state index contributed by atoms with van der Waals surface area (Å²) in [6, 6.07) is 18.3. The Kier molecular flexibility index (Phi) is 3.96. The van der Waals surface area contributed by atoms with Crippen molar-refractivity contribution in [2.45, 2.75) is 20.0 Å². The van der Waals surface area contributed by atoms with Gasteiger partial charge in [0.25, 0.3) is 0 Å². The highest BCUT2D eigenvalue weighted by molar-refractivity contribution is 6.00. The minimum Gasteiger partial charge on any atom is -0.481 e. The summed E-state index contributed by atoms with van der Waals surface area (Å²) in [5.74, 6) is 0.344. The fourth-order valence-electron chi connectivity index (χ4n) is 2.50. The highest BCUT2D eigenvalue weighted by Gasteiger charge is 2.09. The maximum atomic E-state index is 11.6. The third-order valence-corrected chi connectivity index (χ3v) is 3.42. The van der Waals surface area contributed by atoms with Crippen molar-refractivity contribution in [3.05, 3.63) is 54.6 Å². The van der Waals surface area contributed by atoms with Gasteiger partial charge in [-0.15, -0.1) is 0 Å². The third kappa shape index (κ3) is 3.03. The highest BCUT2D eigenvalue weighted by Crippen LogP contribution is 2.29. The molecule has 0 aliphatic carbocycles. The molecule has 0 atom stereocenters. The van der Waals surface area contributed by atoms with Crippen LogP contribution in [0.25, 0.3) is 21.5 Å². The van der Waals surface area contributed by atoms with Crippen LogP contribution in [0.3, 0.4) is 0 Å². The van der Waals surface area contributed by atoms with Gasteiger partial charge in [0.05, 0.1) is 6.10 Å². The molecule has 0 heterocycles. The summed E-state index contributed by atoms with van der Waals surface area (Å²) in [5.41, 5.74) is 0. The summed E-state index contributed by atoms with van der Waals surface area (Å²) in [6.07, 6.45) is -0.132. The van der Waals surface area contributed by atoms with Crippen LogP contribution in [0.15, 0.2) is 54.6 Å². The van der Waals surface area contributed by atoms with Gasteiger partial charge >= 0.3 is 5.97 Å². The van der Waals surface area contributed by atoms with Crippen LogP contribution in [-0.4, -0.2) is 18.7 Å². The summed E-state index contributed by atoms with van der Waals surface area (Å²) in [4.78, 5) is 11.6. The summed E-state index contributed by atoms with van der Waals surface area (Å²) in [7, 11) is 0. The van der Waals surface area contributed by atoms with Crippen molar-refractivity contribution in [2.75, 3.05) is 6.61 Å². The van der Waals surface area contributed by atoms with Crippen molar-refractivity contribution in [1.82, 2.24) is 0 Å². The second kappa shape index (κ2) is 6.06. The standard InChI is InChI=1S/C19H18O3/c1-13(2)22-19(20)12-21-18-9-5-8-16-10-14-6-3-4-7-15(14)11-17(16)18/h3-11,13H,12H2,1-2H3. The molecule has 0 fully saturated rings. The zero-order chi connectivity index (χ0) is 15.5. The molecule has 0 aliphatic rings. The van der Waals surface area contributed by atoms with E-state index >= 15 is 0 Å². The molecule has 112 valence electrons. The van der Waals surface area contributed by atoms with Crippen LogP contribution in [0.5, 0.6) is 5.75 Å². The number of hydrogen-bond acceptors (Lipinski definition) is 3. The molecule has 0 amide bonds. The van der Waals surface area contributed by atoms with Gasteiger partial charge in [0.1, 0.15) is 5.75 Å². The first-order chi connectivity index (χ1) is 10.6. The second-order valence-electron chi connectivity index (χ2n) is 5.50. The summed E-state index contributed by atoms with van der Waals surface area (Å²) >= 11 is 0. The summed E-state index contributed by atoms with van der Waals surface area (Å²) in [5, 5.41) is 4.43. The van der Waals surface area contributed by atoms with Crippen LogP contribution in [0.2, 0.25) is 0 Å². The van der Waals surface area contributed by atoms with Crippen molar-refractivity contribution in [3.8, 4) is 5.75 Å². The average molecular weight is 294 g/mol. The van der Waals surface area contributed by atoms with Gasteiger partial charge in [-0.1, -0.05) is 36.4 Å². The molecular weight excluding hydrogens is 276 g/mol. The van der Waals surface area contributed by atoms with E-state index in [9.17, 15) is 4.79 Å². The molecule has 3 aromatic carbocycles. The van der Waals surface area contributed by atoms with Gasteiger partial charge in [0.15, 0.2) is 6.61 Å². The lowest BCUT2D eigenvalue weighted by Crippen LogP contribution is -2.18. The number of esters is 1. The molecule has 0 N–H and O–H groups in total. The fraction of sp³-hybridized carbons (Fsp3) is 0.211.